The first-order valence-corrected chi connectivity index (χ1v) is 10.0. The van der Waals surface area contributed by atoms with E-state index in [0.717, 1.165) is 50.9 Å². The van der Waals surface area contributed by atoms with Crippen molar-refractivity contribution in [2.75, 3.05) is 26.3 Å². The molecule has 4 rings (SSSR count). The van der Waals surface area contributed by atoms with Crippen molar-refractivity contribution in [1.29, 1.82) is 0 Å². The summed E-state index contributed by atoms with van der Waals surface area (Å²) in [7, 11) is 0. The van der Waals surface area contributed by atoms with Gasteiger partial charge in [-0.1, -0.05) is 54.6 Å². The fourth-order valence-electron chi connectivity index (χ4n) is 4.23. The molecular weight excluding hydrogens is 338 g/mol. The fourth-order valence-corrected chi connectivity index (χ4v) is 4.23. The number of nitrogens with zero attached hydrogens (tertiary/aromatic N) is 1. The molecule has 0 aliphatic carbocycles. The lowest BCUT2D eigenvalue weighted by molar-refractivity contribution is -0.0472. The van der Waals surface area contributed by atoms with Gasteiger partial charge in [-0.25, -0.2) is 0 Å². The van der Waals surface area contributed by atoms with Crippen LogP contribution in [0, 0.1) is 0 Å². The maximum absolute atomic E-state index is 11.4. The molecule has 4 heteroatoms. The smallest absolute Gasteiger partial charge is 0.158 e. The number of hydrogen-bond donors (Lipinski definition) is 1. The standard InChI is InChI=1S/C23H29NO3/c25-23(12-14-24(15-13-23)18-19-6-2-1-3-7-19)21-9-5-4-8-20(21)10-11-22-26-16-17-27-22/h1-9,22,25H,10-18H2. The van der Waals surface area contributed by atoms with E-state index < -0.39 is 5.60 Å². The molecule has 4 nitrogen and oxygen atoms in total. The summed E-state index contributed by atoms with van der Waals surface area (Å²) in [5.41, 5.74) is 2.90. The second kappa shape index (κ2) is 8.53. The van der Waals surface area contributed by atoms with Crippen LogP contribution in [0.5, 0.6) is 0 Å². The zero-order valence-electron chi connectivity index (χ0n) is 15.8. The molecule has 0 radical (unpaired) electrons. The van der Waals surface area contributed by atoms with Crippen LogP contribution in [0.1, 0.15) is 36.0 Å². The van der Waals surface area contributed by atoms with Crippen molar-refractivity contribution in [2.45, 2.75) is 44.1 Å². The van der Waals surface area contributed by atoms with Crippen LogP contribution >= 0.6 is 0 Å². The topological polar surface area (TPSA) is 41.9 Å². The van der Waals surface area contributed by atoms with Gasteiger partial charge in [0.05, 0.1) is 18.8 Å². The van der Waals surface area contributed by atoms with E-state index in [-0.39, 0.29) is 6.29 Å². The van der Waals surface area contributed by atoms with Crippen molar-refractivity contribution in [1.82, 2.24) is 4.90 Å². The van der Waals surface area contributed by atoms with E-state index in [4.69, 9.17) is 9.47 Å². The Hall–Kier alpha value is -1.72. The molecule has 0 unspecified atom stereocenters. The van der Waals surface area contributed by atoms with Gasteiger partial charge in [0, 0.05) is 26.1 Å². The van der Waals surface area contributed by atoms with Gasteiger partial charge in [-0.3, -0.25) is 4.90 Å². The van der Waals surface area contributed by atoms with E-state index in [0.29, 0.717) is 13.2 Å². The van der Waals surface area contributed by atoms with Crippen molar-refractivity contribution in [3.63, 3.8) is 0 Å². The van der Waals surface area contributed by atoms with E-state index in [2.05, 4.69) is 53.4 Å². The minimum absolute atomic E-state index is 0.0968. The molecule has 2 aromatic rings. The van der Waals surface area contributed by atoms with Crippen LogP contribution in [0.3, 0.4) is 0 Å². The minimum Gasteiger partial charge on any atom is -0.385 e. The van der Waals surface area contributed by atoms with Gasteiger partial charge in [0.15, 0.2) is 6.29 Å². The van der Waals surface area contributed by atoms with Gasteiger partial charge >= 0.3 is 0 Å². The highest BCUT2D eigenvalue weighted by Crippen LogP contribution is 2.36. The first-order chi connectivity index (χ1) is 13.2. The lowest BCUT2D eigenvalue weighted by Crippen LogP contribution is -2.42. The summed E-state index contributed by atoms with van der Waals surface area (Å²) < 4.78 is 11.1. The molecule has 0 saturated carbocycles. The predicted molar refractivity (Wildman–Crippen MR) is 105 cm³/mol. The van der Waals surface area contributed by atoms with Gasteiger partial charge in [-0.2, -0.15) is 0 Å². The molecule has 1 N–H and O–H groups in total. The average molecular weight is 367 g/mol. The maximum Gasteiger partial charge on any atom is 0.158 e. The number of aliphatic hydroxyl groups is 1. The average Bonchev–Trinajstić information content (AvgIpc) is 3.23. The van der Waals surface area contributed by atoms with Gasteiger partial charge in [0.25, 0.3) is 0 Å². The lowest BCUT2D eigenvalue weighted by atomic mass is 9.81. The first-order valence-electron chi connectivity index (χ1n) is 10.0. The summed E-state index contributed by atoms with van der Waals surface area (Å²) in [5, 5.41) is 11.4. The summed E-state index contributed by atoms with van der Waals surface area (Å²) >= 11 is 0. The molecule has 2 saturated heterocycles. The maximum atomic E-state index is 11.4. The minimum atomic E-state index is -0.735. The summed E-state index contributed by atoms with van der Waals surface area (Å²) in [6, 6.07) is 18.9. The largest absolute Gasteiger partial charge is 0.385 e. The molecule has 0 atom stereocenters. The number of piperidine rings is 1. The monoisotopic (exact) mass is 367 g/mol. The van der Waals surface area contributed by atoms with Crippen LogP contribution in [0.15, 0.2) is 54.6 Å². The summed E-state index contributed by atoms with van der Waals surface area (Å²) in [5.74, 6) is 0. The van der Waals surface area contributed by atoms with Crippen molar-refractivity contribution >= 4 is 0 Å². The number of aryl methyl sites for hydroxylation is 1. The van der Waals surface area contributed by atoms with E-state index >= 15 is 0 Å². The highest BCUT2D eigenvalue weighted by Gasteiger charge is 2.35. The number of benzene rings is 2. The number of likely N-dealkylation sites (tertiary alicyclic amines) is 1. The Labute approximate surface area is 161 Å². The molecule has 144 valence electrons. The van der Waals surface area contributed by atoms with Crippen molar-refractivity contribution in [3.05, 3.63) is 71.3 Å². The summed E-state index contributed by atoms with van der Waals surface area (Å²) in [4.78, 5) is 2.44. The second-order valence-electron chi connectivity index (χ2n) is 7.66. The highest BCUT2D eigenvalue weighted by molar-refractivity contribution is 5.33. The molecule has 2 aliphatic heterocycles. The van der Waals surface area contributed by atoms with E-state index in [1.165, 1.54) is 11.1 Å². The van der Waals surface area contributed by atoms with Crippen LogP contribution in [0.2, 0.25) is 0 Å². The van der Waals surface area contributed by atoms with Gasteiger partial charge in [0.1, 0.15) is 0 Å². The fraction of sp³-hybridized carbons (Fsp3) is 0.478. The zero-order valence-corrected chi connectivity index (χ0v) is 15.8. The number of hydrogen-bond acceptors (Lipinski definition) is 4. The Balaban J connectivity index is 1.39. The Kier molecular flexibility index (Phi) is 5.89. The molecule has 2 heterocycles. The molecule has 2 aromatic carbocycles. The SMILES string of the molecule is OC1(c2ccccc2CCC2OCCO2)CCN(Cc2ccccc2)CC1. The Bertz CT molecular complexity index is 719. The second-order valence-corrected chi connectivity index (χ2v) is 7.66. The zero-order chi connectivity index (χ0) is 18.5. The van der Waals surface area contributed by atoms with Gasteiger partial charge in [-0.05, 0) is 36.0 Å². The number of ether oxygens (including phenoxy) is 2. The first kappa shape index (κ1) is 18.6. The quantitative estimate of drug-likeness (QED) is 0.849. The van der Waals surface area contributed by atoms with Crippen LogP contribution in [-0.4, -0.2) is 42.6 Å². The van der Waals surface area contributed by atoms with Crippen LogP contribution < -0.4 is 0 Å². The molecule has 0 spiro atoms. The van der Waals surface area contributed by atoms with Crippen molar-refractivity contribution in [2.24, 2.45) is 0 Å². The van der Waals surface area contributed by atoms with Crippen molar-refractivity contribution < 1.29 is 14.6 Å². The lowest BCUT2D eigenvalue weighted by Gasteiger charge is -2.39. The van der Waals surface area contributed by atoms with Gasteiger partial charge < -0.3 is 14.6 Å². The molecule has 0 amide bonds. The van der Waals surface area contributed by atoms with Crippen LogP contribution in [0.4, 0.5) is 0 Å². The normalized spacial score (nSPS) is 20.8. The molecule has 27 heavy (non-hydrogen) atoms. The molecule has 2 fully saturated rings. The Morgan fingerprint density at radius 2 is 1.59 bits per heavy atom. The molecule has 2 aliphatic rings. The number of rotatable bonds is 6. The molecular formula is C23H29NO3. The molecule has 0 aromatic heterocycles. The third-order valence-electron chi connectivity index (χ3n) is 5.79. The van der Waals surface area contributed by atoms with Gasteiger partial charge in [-0.15, -0.1) is 0 Å². The third kappa shape index (κ3) is 4.58. The van der Waals surface area contributed by atoms with E-state index in [9.17, 15) is 5.11 Å². The third-order valence-corrected chi connectivity index (χ3v) is 5.79. The molecule has 0 bridgehead atoms. The van der Waals surface area contributed by atoms with E-state index in [1.807, 2.05) is 6.07 Å². The van der Waals surface area contributed by atoms with Crippen molar-refractivity contribution in [3.8, 4) is 0 Å². The van der Waals surface area contributed by atoms with Gasteiger partial charge in [0.2, 0.25) is 0 Å². The van der Waals surface area contributed by atoms with Crippen LogP contribution in [-0.2, 0) is 28.0 Å². The van der Waals surface area contributed by atoms with Crippen LogP contribution in [0.25, 0.3) is 0 Å². The highest BCUT2D eigenvalue weighted by atomic mass is 16.7. The van der Waals surface area contributed by atoms with E-state index in [1.54, 1.807) is 0 Å². The Morgan fingerprint density at radius 3 is 2.33 bits per heavy atom. The summed E-state index contributed by atoms with van der Waals surface area (Å²) in [6.07, 6.45) is 3.16. The Morgan fingerprint density at radius 1 is 0.926 bits per heavy atom. The summed E-state index contributed by atoms with van der Waals surface area (Å²) in [6.45, 7) is 4.15. The predicted octanol–water partition coefficient (Wildman–Crippen LogP) is 3.48.